The van der Waals surface area contributed by atoms with Crippen LogP contribution in [0.3, 0.4) is 0 Å². The van der Waals surface area contributed by atoms with Gasteiger partial charge < -0.3 is 16.7 Å². The molecule has 2 saturated heterocycles. The molecule has 2 aromatic heterocycles. The number of rotatable bonds is 5. The number of fused-ring (bicyclic) bond motifs is 1. The normalized spacial score (nSPS) is 24.5. The van der Waals surface area contributed by atoms with Gasteiger partial charge in [0, 0.05) is 26.1 Å². The minimum absolute atomic E-state index is 0. The SMILES string of the molecule is CC(=O)Nc1nnc(C2(C(=O)O)CS[C@@H]3C(N(C(C)=O)c4cccs4)C(=O)N3C2)s1.[H-].[Na+]. The number of carboxylic acids is 1. The van der Waals surface area contributed by atoms with Crippen molar-refractivity contribution < 1.29 is 55.3 Å². The van der Waals surface area contributed by atoms with Gasteiger partial charge in [-0.25, -0.2) is 0 Å². The molecule has 2 aliphatic rings. The Morgan fingerprint density at radius 3 is 2.68 bits per heavy atom. The largest absolute Gasteiger partial charge is 1.00 e. The number of aromatic nitrogens is 2. The maximum atomic E-state index is 13.0. The van der Waals surface area contributed by atoms with Crippen LogP contribution in [0.25, 0.3) is 0 Å². The third-order valence-corrected chi connectivity index (χ3v) is 8.37. The fourth-order valence-corrected chi connectivity index (χ4v) is 6.97. The molecule has 0 spiro atoms. The summed E-state index contributed by atoms with van der Waals surface area (Å²) in [5.41, 5.74) is -1.43. The van der Waals surface area contributed by atoms with E-state index >= 15 is 0 Å². The number of amides is 3. The first-order chi connectivity index (χ1) is 14.2. The third kappa shape index (κ3) is 4.14. The Morgan fingerprint density at radius 1 is 1.35 bits per heavy atom. The Balaban J connectivity index is 0.00000181. The Labute approximate surface area is 213 Å². The second kappa shape index (κ2) is 9.16. The molecule has 0 aliphatic carbocycles. The maximum absolute atomic E-state index is 13.0. The molecular formula is C17H18N5NaO5S3. The molecule has 2 aromatic rings. The van der Waals surface area contributed by atoms with Gasteiger partial charge in [-0.2, -0.15) is 0 Å². The summed E-state index contributed by atoms with van der Waals surface area (Å²) in [6, 6.07) is 2.92. The van der Waals surface area contributed by atoms with Gasteiger partial charge in [0.15, 0.2) is 0 Å². The molecule has 3 amide bonds. The first-order valence-corrected chi connectivity index (χ1v) is 11.6. The van der Waals surface area contributed by atoms with Gasteiger partial charge in [-0.1, -0.05) is 11.3 Å². The summed E-state index contributed by atoms with van der Waals surface area (Å²) in [6.45, 7) is 2.66. The van der Waals surface area contributed by atoms with E-state index in [4.69, 9.17) is 0 Å². The zero-order valence-electron chi connectivity index (χ0n) is 17.9. The molecule has 2 N–H and O–H groups in total. The number of carbonyl (C=O) groups excluding carboxylic acids is 3. The Hall–Kier alpha value is -1.51. The number of nitrogens with one attached hydrogen (secondary N) is 1. The van der Waals surface area contributed by atoms with Crippen molar-refractivity contribution in [1.82, 2.24) is 15.1 Å². The van der Waals surface area contributed by atoms with Crippen molar-refractivity contribution in [2.75, 3.05) is 22.5 Å². The minimum atomic E-state index is -1.43. The molecular weight excluding hydrogens is 473 g/mol. The van der Waals surface area contributed by atoms with Crippen LogP contribution in [0, 0.1) is 0 Å². The van der Waals surface area contributed by atoms with Crippen LogP contribution < -0.4 is 39.8 Å². The standard InChI is InChI=1S/C17H17N5O5S3.Na.H/c1-8(23)18-16-20-19-14(30-16)17(15(26)27)6-21-12(25)11(13(21)29-7-17)22(9(2)24)10-4-3-5-28-10;;/h3-5,11,13H,6-7H2,1-2H3,(H,26,27)(H,18,20,23);;/q;+1;-1/t11?,13-,17?;;/m1../s1. The van der Waals surface area contributed by atoms with E-state index in [9.17, 15) is 24.3 Å². The van der Waals surface area contributed by atoms with Crippen molar-refractivity contribution in [2.45, 2.75) is 30.7 Å². The van der Waals surface area contributed by atoms with Crippen LogP contribution in [-0.2, 0) is 24.6 Å². The average molecular weight is 492 g/mol. The Bertz CT molecular complexity index is 1040. The number of aliphatic carboxylic acids is 1. The van der Waals surface area contributed by atoms with E-state index in [0.717, 1.165) is 11.3 Å². The van der Waals surface area contributed by atoms with E-state index in [0.29, 0.717) is 5.00 Å². The monoisotopic (exact) mass is 491 g/mol. The van der Waals surface area contributed by atoms with Gasteiger partial charge in [0.1, 0.15) is 21.8 Å². The van der Waals surface area contributed by atoms with Crippen LogP contribution in [0.1, 0.15) is 20.3 Å². The predicted molar refractivity (Wildman–Crippen MR) is 114 cm³/mol. The molecule has 14 heteroatoms. The van der Waals surface area contributed by atoms with Crippen molar-refractivity contribution in [3.8, 4) is 0 Å². The van der Waals surface area contributed by atoms with Gasteiger partial charge in [-0.15, -0.1) is 33.3 Å². The van der Waals surface area contributed by atoms with Crippen LogP contribution in [0.15, 0.2) is 17.5 Å². The molecule has 2 aliphatic heterocycles. The molecule has 0 saturated carbocycles. The maximum Gasteiger partial charge on any atom is 1.00 e. The summed E-state index contributed by atoms with van der Waals surface area (Å²) in [5.74, 6) is -1.82. The van der Waals surface area contributed by atoms with Crippen LogP contribution in [-0.4, -0.2) is 67.6 Å². The predicted octanol–water partition coefficient (Wildman–Crippen LogP) is -1.67. The number of anilines is 2. The van der Waals surface area contributed by atoms with Gasteiger partial charge in [0.25, 0.3) is 0 Å². The first-order valence-electron chi connectivity index (χ1n) is 8.85. The van der Waals surface area contributed by atoms with Crippen LogP contribution in [0.4, 0.5) is 10.1 Å². The van der Waals surface area contributed by atoms with Gasteiger partial charge in [-0.3, -0.25) is 24.1 Å². The van der Waals surface area contributed by atoms with Gasteiger partial charge in [-0.05, 0) is 17.5 Å². The number of β-lactam (4-membered cyclic amide) rings is 1. The number of thiophene rings is 1. The second-order valence-electron chi connectivity index (χ2n) is 6.93. The summed E-state index contributed by atoms with van der Waals surface area (Å²) in [4.78, 5) is 51.7. The van der Waals surface area contributed by atoms with E-state index in [1.165, 1.54) is 46.7 Å². The summed E-state index contributed by atoms with van der Waals surface area (Å²) in [7, 11) is 0. The number of hydrogen-bond acceptors (Lipinski definition) is 9. The molecule has 4 heterocycles. The fourth-order valence-electron chi connectivity index (χ4n) is 3.52. The summed E-state index contributed by atoms with van der Waals surface area (Å²) < 4.78 is 0. The van der Waals surface area contributed by atoms with Gasteiger partial charge in [0.05, 0.1) is 5.00 Å². The van der Waals surface area contributed by atoms with Gasteiger partial charge in [0.2, 0.25) is 22.9 Å². The van der Waals surface area contributed by atoms with E-state index in [2.05, 4.69) is 15.5 Å². The summed E-state index contributed by atoms with van der Waals surface area (Å²) in [5, 5.41) is 22.9. The molecule has 2 unspecified atom stereocenters. The molecule has 0 bridgehead atoms. The van der Waals surface area contributed by atoms with Crippen molar-refractivity contribution in [1.29, 1.82) is 0 Å². The minimum Gasteiger partial charge on any atom is -1.00 e. The first kappa shape index (κ1) is 24.1. The molecule has 160 valence electrons. The number of thioether (sulfide) groups is 1. The average Bonchev–Trinajstić information content (AvgIpc) is 3.36. The van der Waals surface area contributed by atoms with Crippen molar-refractivity contribution in [3.63, 3.8) is 0 Å². The van der Waals surface area contributed by atoms with Crippen LogP contribution >= 0.6 is 34.4 Å². The van der Waals surface area contributed by atoms with Crippen LogP contribution in [0.5, 0.6) is 0 Å². The number of carbonyl (C=O) groups is 4. The molecule has 0 radical (unpaired) electrons. The summed E-state index contributed by atoms with van der Waals surface area (Å²) in [6.07, 6.45) is 0. The van der Waals surface area contributed by atoms with E-state index < -0.39 is 17.4 Å². The van der Waals surface area contributed by atoms with Crippen molar-refractivity contribution in [2.24, 2.45) is 0 Å². The quantitative estimate of drug-likeness (QED) is 0.375. The van der Waals surface area contributed by atoms with Crippen molar-refractivity contribution >= 4 is 68.3 Å². The van der Waals surface area contributed by atoms with Crippen LogP contribution in [0.2, 0.25) is 0 Å². The second-order valence-corrected chi connectivity index (χ2v) is 9.94. The third-order valence-electron chi connectivity index (χ3n) is 4.94. The number of nitrogens with zero attached hydrogens (tertiary/aromatic N) is 4. The van der Waals surface area contributed by atoms with Gasteiger partial charge >= 0.3 is 35.5 Å². The topological polar surface area (TPSA) is 133 Å². The molecule has 10 nitrogen and oxygen atoms in total. The van der Waals surface area contributed by atoms with E-state index in [1.54, 1.807) is 6.07 Å². The zero-order valence-corrected chi connectivity index (χ0v) is 21.3. The zero-order chi connectivity index (χ0) is 21.6. The smallest absolute Gasteiger partial charge is 1.00 e. The van der Waals surface area contributed by atoms with E-state index in [-0.39, 0.29) is 76.5 Å². The Kier molecular flexibility index (Phi) is 7.13. The molecule has 4 rings (SSSR count). The van der Waals surface area contributed by atoms with E-state index in [1.807, 2.05) is 11.4 Å². The molecule has 31 heavy (non-hydrogen) atoms. The molecule has 2 fully saturated rings. The molecule has 3 atom stereocenters. The van der Waals surface area contributed by atoms with Crippen molar-refractivity contribution in [3.05, 3.63) is 22.5 Å². The number of hydrogen-bond donors (Lipinski definition) is 2. The summed E-state index contributed by atoms with van der Waals surface area (Å²) >= 11 is 3.66. The Morgan fingerprint density at radius 2 is 2.10 bits per heavy atom. The fraction of sp³-hybridized carbons (Fsp3) is 0.412. The molecule has 0 aromatic carbocycles. The number of carboxylic acid groups (broad SMARTS) is 1.